The standard InChI is InChI=1S/C7H11FN4O2S/c8-6-4-7(12-5-11-6)10-2-1-3-15(9,13)14/h4-5H,1-3H2,(H2,9,13,14)(H,10,11,12). The monoisotopic (exact) mass is 234 g/mol. The molecule has 0 unspecified atom stereocenters. The molecule has 1 aromatic rings. The van der Waals surface area contributed by atoms with Gasteiger partial charge in [-0.15, -0.1) is 0 Å². The number of anilines is 1. The molecular weight excluding hydrogens is 223 g/mol. The summed E-state index contributed by atoms with van der Waals surface area (Å²) >= 11 is 0. The van der Waals surface area contributed by atoms with E-state index in [0.29, 0.717) is 18.8 Å². The van der Waals surface area contributed by atoms with E-state index in [-0.39, 0.29) is 5.75 Å². The third-order valence-corrected chi connectivity index (χ3v) is 2.40. The third kappa shape index (κ3) is 5.23. The smallest absolute Gasteiger partial charge is 0.217 e. The summed E-state index contributed by atoms with van der Waals surface area (Å²) in [6.07, 6.45) is 1.42. The zero-order valence-corrected chi connectivity index (χ0v) is 8.67. The van der Waals surface area contributed by atoms with Crippen LogP contribution in [0.2, 0.25) is 0 Å². The van der Waals surface area contributed by atoms with Gasteiger partial charge >= 0.3 is 0 Å². The lowest BCUT2D eigenvalue weighted by molar-refractivity contribution is 0.580. The Balaban J connectivity index is 2.32. The van der Waals surface area contributed by atoms with Crippen LogP contribution in [0.4, 0.5) is 10.2 Å². The molecule has 0 fully saturated rings. The molecular formula is C7H11FN4O2S. The van der Waals surface area contributed by atoms with Gasteiger partial charge in [0.25, 0.3) is 0 Å². The van der Waals surface area contributed by atoms with E-state index in [9.17, 15) is 12.8 Å². The molecule has 0 atom stereocenters. The molecule has 1 aromatic heterocycles. The highest BCUT2D eigenvalue weighted by atomic mass is 32.2. The van der Waals surface area contributed by atoms with Crippen LogP contribution in [0.15, 0.2) is 12.4 Å². The van der Waals surface area contributed by atoms with Gasteiger partial charge in [0.15, 0.2) is 0 Å². The fourth-order valence-electron chi connectivity index (χ4n) is 0.920. The van der Waals surface area contributed by atoms with Crippen molar-refractivity contribution in [2.24, 2.45) is 5.14 Å². The number of aromatic nitrogens is 2. The summed E-state index contributed by atoms with van der Waals surface area (Å²) in [4.78, 5) is 7.00. The number of hydrogen-bond donors (Lipinski definition) is 2. The highest BCUT2D eigenvalue weighted by Crippen LogP contribution is 2.01. The van der Waals surface area contributed by atoms with Crippen molar-refractivity contribution in [3.8, 4) is 0 Å². The first-order valence-electron chi connectivity index (χ1n) is 4.19. The van der Waals surface area contributed by atoms with E-state index in [1.807, 2.05) is 0 Å². The summed E-state index contributed by atoms with van der Waals surface area (Å²) in [5.41, 5.74) is 0. The maximum atomic E-state index is 12.6. The Morgan fingerprint density at radius 2 is 2.20 bits per heavy atom. The molecule has 1 heterocycles. The second kappa shape index (κ2) is 4.99. The van der Waals surface area contributed by atoms with E-state index in [1.165, 1.54) is 0 Å². The van der Waals surface area contributed by atoms with Gasteiger partial charge in [0, 0.05) is 12.6 Å². The van der Waals surface area contributed by atoms with Crippen molar-refractivity contribution < 1.29 is 12.8 Å². The molecule has 0 saturated carbocycles. The van der Waals surface area contributed by atoms with Crippen molar-refractivity contribution in [2.75, 3.05) is 17.6 Å². The summed E-state index contributed by atoms with van der Waals surface area (Å²) in [6, 6.07) is 1.12. The molecule has 1 rings (SSSR count). The summed E-state index contributed by atoms with van der Waals surface area (Å²) in [5.74, 6) is -0.441. The largest absolute Gasteiger partial charge is 0.370 e. The highest BCUT2D eigenvalue weighted by molar-refractivity contribution is 7.89. The molecule has 0 bridgehead atoms. The number of primary sulfonamides is 1. The number of sulfonamides is 1. The normalized spacial score (nSPS) is 11.3. The third-order valence-electron chi connectivity index (χ3n) is 1.55. The average Bonchev–Trinajstić information content (AvgIpc) is 2.11. The van der Waals surface area contributed by atoms with Gasteiger partial charge in [0.05, 0.1) is 5.75 Å². The van der Waals surface area contributed by atoms with Crippen molar-refractivity contribution in [3.63, 3.8) is 0 Å². The lowest BCUT2D eigenvalue weighted by Gasteiger charge is -2.03. The summed E-state index contributed by atoms with van der Waals surface area (Å²) in [5, 5.41) is 7.54. The lowest BCUT2D eigenvalue weighted by atomic mass is 10.4. The predicted molar refractivity (Wildman–Crippen MR) is 53.1 cm³/mol. The maximum Gasteiger partial charge on any atom is 0.217 e. The number of nitrogens with two attached hydrogens (primary N) is 1. The molecule has 0 saturated heterocycles. The number of nitrogens with zero attached hydrogens (tertiary/aromatic N) is 2. The van der Waals surface area contributed by atoms with Gasteiger partial charge in [-0.25, -0.2) is 23.5 Å². The van der Waals surface area contributed by atoms with Crippen molar-refractivity contribution in [2.45, 2.75) is 6.42 Å². The minimum absolute atomic E-state index is 0.117. The summed E-state index contributed by atoms with van der Waals surface area (Å²) in [6.45, 7) is 0.354. The fraction of sp³-hybridized carbons (Fsp3) is 0.429. The molecule has 0 aromatic carbocycles. The minimum atomic E-state index is -3.43. The predicted octanol–water partition coefficient (Wildman–Crippen LogP) is -0.294. The molecule has 0 aliphatic heterocycles. The van der Waals surface area contributed by atoms with Crippen LogP contribution < -0.4 is 10.5 Å². The van der Waals surface area contributed by atoms with Crippen molar-refractivity contribution in [3.05, 3.63) is 18.3 Å². The van der Waals surface area contributed by atoms with E-state index < -0.39 is 16.0 Å². The Bertz CT molecular complexity index is 423. The van der Waals surface area contributed by atoms with Crippen LogP contribution in [0.5, 0.6) is 0 Å². The molecule has 0 aliphatic carbocycles. The lowest BCUT2D eigenvalue weighted by Crippen LogP contribution is -2.18. The Labute approximate surface area is 86.8 Å². The van der Waals surface area contributed by atoms with Crippen LogP contribution in [0.25, 0.3) is 0 Å². The van der Waals surface area contributed by atoms with Gasteiger partial charge in [-0.2, -0.15) is 4.39 Å². The molecule has 84 valence electrons. The summed E-state index contributed by atoms with van der Waals surface area (Å²) in [7, 11) is -3.43. The Morgan fingerprint density at radius 1 is 1.47 bits per heavy atom. The zero-order chi connectivity index (χ0) is 11.3. The topological polar surface area (TPSA) is 98.0 Å². The Morgan fingerprint density at radius 3 is 2.80 bits per heavy atom. The van der Waals surface area contributed by atoms with Gasteiger partial charge < -0.3 is 5.32 Å². The van der Waals surface area contributed by atoms with Crippen LogP contribution in [0, 0.1) is 5.95 Å². The van der Waals surface area contributed by atoms with Gasteiger partial charge in [-0.1, -0.05) is 0 Å². The van der Waals surface area contributed by atoms with Gasteiger partial charge in [0.1, 0.15) is 12.1 Å². The van der Waals surface area contributed by atoms with Crippen molar-refractivity contribution in [1.82, 2.24) is 9.97 Å². The number of rotatable bonds is 5. The van der Waals surface area contributed by atoms with Crippen LogP contribution >= 0.6 is 0 Å². The molecule has 0 spiro atoms. The van der Waals surface area contributed by atoms with E-state index in [4.69, 9.17) is 5.14 Å². The molecule has 0 amide bonds. The first kappa shape index (κ1) is 11.8. The molecule has 3 N–H and O–H groups in total. The SMILES string of the molecule is NS(=O)(=O)CCCNc1cc(F)ncn1. The van der Waals surface area contributed by atoms with Gasteiger partial charge in [-0.05, 0) is 6.42 Å². The van der Waals surface area contributed by atoms with Crippen molar-refractivity contribution in [1.29, 1.82) is 0 Å². The van der Waals surface area contributed by atoms with Crippen LogP contribution in [0.3, 0.4) is 0 Å². The first-order chi connectivity index (χ1) is 6.97. The van der Waals surface area contributed by atoms with Gasteiger partial charge in [0.2, 0.25) is 16.0 Å². The first-order valence-corrected chi connectivity index (χ1v) is 5.91. The molecule has 0 aliphatic rings. The van der Waals surface area contributed by atoms with Crippen LogP contribution in [-0.4, -0.2) is 30.7 Å². The van der Waals surface area contributed by atoms with Crippen molar-refractivity contribution >= 4 is 15.8 Å². The summed E-state index contributed by atoms with van der Waals surface area (Å²) < 4.78 is 33.7. The van der Waals surface area contributed by atoms with E-state index >= 15 is 0 Å². The molecule has 0 radical (unpaired) electrons. The Kier molecular flexibility index (Phi) is 3.92. The second-order valence-corrected chi connectivity index (χ2v) is 4.61. The average molecular weight is 234 g/mol. The number of nitrogens with one attached hydrogen (secondary N) is 1. The number of hydrogen-bond acceptors (Lipinski definition) is 5. The molecule has 8 heteroatoms. The van der Waals surface area contributed by atoms with Gasteiger partial charge in [-0.3, -0.25) is 0 Å². The van der Waals surface area contributed by atoms with E-state index in [0.717, 1.165) is 12.4 Å². The van der Waals surface area contributed by atoms with Crippen LogP contribution in [-0.2, 0) is 10.0 Å². The number of halogens is 1. The maximum absolute atomic E-state index is 12.6. The quantitative estimate of drug-likeness (QED) is 0.538. The highest BCUT2D eigenvalue weighted by Gasteiger charge is 2.02. The molecule has 15 heavy (non-hydrogen) atoms. The van der Waals surface area contributed by atoms with E-state index in [2.05, 4.69) is 15.3 Å². The zero-order valence-electron chi connectivity index (χ0n) is 7.85. The minimum Gasteiger partial charge on any atom is -0.370 e. The Hall–Kier alpha value is -1.28. The second-order valence-electron chi connectivity index (χ2n) is 2.87. The molecule has 6 nitrogen and oxygen atoms in total. The fourth-order valence-corrected chi connectivity index (χ4v) is 1.47. The van der Waals surface area contributed by atoms with Crippen LogP contribution in [0.1, 0.15) is 6.42 Å². The van der Waals surface area contributed by atoms with E-state index in [1.54, 1.807) is 0 Å².